The molecule has 0 aliphatic rings. The van der Waals surface area contributed by atoms with Crippen molar-refractivity contribution in [2.24, 2.45) is 0 Å². The molecular formula is C18H13NO4. The quantitative estimate of drug-likeness (QED) is 0.592. The highest BCUT2D eigenvalue weighted by Crippen LogP contribution is 2.26. The van der Waals surface area contributed by atoms with Crippen LogP contribution in [0.1, 0.15) is 10.4 Å². The fourth-order valence-corrected chi connectivity index (χ4v) is 2.39. The Kier molecular flexibility index (Phi) is 3.76. The zero-order valence-corrected chi connectivity index (χ0v) is 12.3. The van der Waals surface area contributed by atoms with E-state index in [-0.39, 0.29) is 11.4 Å². The van der Waals surface area contributed by atoms with E-state index in [2.05, 4.69) is 4.98 Å². The van der Waals surface area contributed by atoms with Crippen LogP contribution in [0.3, 0.4) is 0 Å². The van der Waals surface area contributed by atoms with Gasteiger partial charge >= 0.3 is 5.97 Å². The fourth-order valence-electron chi connectivity index (χ4n) is 2.39. The number of pyridine rings is 1. The van der Waals surface area contributed by atoms with Gasteiger partial charge in [0.05, 0.1) is 18.4 Å². The molecule has 0 aliphatic carbocycles. The van der Waals surface area contributed by atoms with Crippen LogP contribution >= 0.6 is 0 Å². The Balaban J connectivity index is 2.08. The van der Waals surface area contributed by atoms with Crippen LogP contribution in [0.5, 0.6) is 5.88 Å². The van der Waals surface area contributed by atoms with E-state index in [9.17, 15) is 9.59 Å². The second-order valence-corrected chi connectivity index (χ2v) is 4.95. The van der Waals surface area contributed by atoms with Crippen LogP contribution < -0.4 is 4.74 Å². The van der Waals surface area contributed by atoms with Gasteiger partial charge < -0.3 is 9.84 Å². The molecule has 0 aliphatic heterocycles. The summed E-state index contributed by atoms with van der Waals surface area (Å²) in [6.07, 6.45) is 0. The minimum atomic E-state index is -1.54. The first-order chi connectivity index (χ1) is 11.1. The van der Waals surface area contributed by atoms with E-state index < -0.39 is 11.8 Å². The molecule has 1 N–H and O–H groups in total. The maximum Gasteiger partial charge on any atom is 0.377 e. The highest BCUT2D eigenvalue weighted by Gasteiger charge is 2.21. The van der Waals surface area contributed by atoms with Crippen molar-refractivity contribution in [1.29, 1.82) is 0 Å². The highest BCUT2D eigenvalue weighted by molar-refractivity contribution is 6.40. The van der Waals surface area contributed by atoms with Gasteiger partial charge in [-0.05, 0) is 29.0 Å². The Morgan fingerprint density at radius 1 is 1.00 bits per heavy atom. The molecule has 0 amide bonds. The van der Waals surface area contributed by atoms with Crippen molar-refractivity contribution in [2.75, 3.05) is 7.11 Å². The molecule has 0 radical (unpaired) electrons. The molecule has 0 spiro atoms. The van der Waals surface area contributed by atoms with Crippen LogP contribution in [0.4, 0.5) is 0 Å². The number of hydrogen-bond acceptors (Lipinski definition) is 4. The number of benzene rings is 2. The molecule has 23 heavy (non-hydrogen) atoms. The van der Waals surface area contributed by atoms with Gasteiger partial charge in [-0.1, -0.05) is 36.4 Å². The smallest absolute Gasteiger partial charge is 0.377 e. The maximum absolute atomic E-state index is 11.6. The van der Waals surface area contributed by atoms with Gasteiger partial charge in [-0.2, -0.15) is 0 Å². The number of ketones is 1. The molecule has 0 bridgehead atoms. The van der Waals surface area contributed by atoms with Crippen LogP contribution in [0.25, 0.3) is 22.0 Å². The largest absolute Gasteiger partial charge is 0.480 e. The zero-order valence-electron chi connectivity index (χ0n) is 12.3. The molecule has 0 unspecified atom stereocenters. The van der Waals surface area contributed by atoms with Gasteiger partial charge in [-0.25, -0.2) is 9.78 Å². The third-order valence-electron chi connectivity index (χ3n) is 3.54. The predicted molar refractivity (Wildman–Crippen MR) is 85.7 cm³/mol. The van der Waals surface area contributed by atoms with E-state index >= 15 is 0 Å². The van der Waals surface area contributed by atoms with Gasteiger partial charge in [0.25, 0.3) is 5.78 Å². The summed E-state index contributed by atoms with van der Waals surface area (Å²) >= 11 is 0. The first-order valence-corrected chi connectivity index (χ1v) is 6.92. The lowest BCUT2D eigenvalue weighted by Gasteiger charge is -2.08. The first-order valence-electron chi connectivity index (χ1n) is 6.92. The molecule has 1 aromatic heterocycles. The molecule has 1 heterocycles. The number of rotatable bonds is 4. The van der Waals surface area contributed by atoms with E-state index in [0.717, 1.165) is 16.3 Å². The number of carboxylic acid groups (broad SMARTS) is 1. The van der Waals surface area contributed by atoms with Gasteiger partial charge in [0, 0.05) is 5.56 Å². The summed E-state index contributed by atoms with van der Waals surface area (Å²) < 4.78 is 5.07. The van der Waals surface area contributed by atoms with Crippen LogP contribution in [0.15, 0.2) is 54.6 Å². The summed E-state index contributed by atoms with van der Waals surface area (Å²) in [5, 5.41) is 11.0. The number of carbonyl (C=O) groups excluding carboxylic acids is 1. The zero-order chi connectivity index (χ0) is 16.4. The number of hydrogen-bond donors (Lipinski definition) is 1. The Hall–Kier alpha value is -3.21. The maximum atomic E-state index is 11.6. The molecule has 0 fully saturated rings. The summed E-state index contributed by atoms with van der Waals surface area (Å²) in [5.41, 5.74) is 1.40. The van der Waals surface area contributed by atoms with E-state index in [1.54, 1.807) is 6.07 Å². The number of nitrogens with zero attached hydrogens (tertiary/aromatic N) is 1. The van der Waals surface area contributed by atoms with Gasteiger partial charge in [0.2, 0.25) is 5.88 Å². The normalized spacial score (nSPS) is 10.5. The second kappa shape index (κ2) is 5.88. The number of fused-ring (bicyclic) bond motifs is 1. The summed E-state index contributed by atoms with van der Waals surface area (Å²) in [4.78, 5) is 26.7. The Morgan fingerprint density at radius 2 is 1.74 bits per heavy atom. The number of ether oxygens (including phenoxy) is 1. The molecule has 3 aromatic rings. The van der Waals surface area contributed by atoms with Crippen LogP contribution in [0, 0.1) is 0 Å². The van der Waals surface area contributed by atoms with E-state index in [1.807, 2.05) is 42.5 Å². The van der Waals surface area contributed by atoms with Crippen molar-refractivity contribution in [3.05, 3.63) is 60.2 Å². The lowest BCUT2D eigenvalue weighted by atomic mass is 10.0. The molecule has 5 nitrogen and oxygen atoms in total. The van der Waals surface area contributed by atoms with Crippen molar-refractivity contribution >= 4 is 22.5 Å². The van der Waals surface area contributed by atoms with Crippen molar-refractivity contribution < 1.29 is 19.4 Å². The standard InChI is InChI=1S/C18H13NO4/c1-23-17-14(16(20)18(21)22)8-9-15(19-17)13-7-6-11-4-2-3-5-12(11)10-13/h2-10H,1H3,(H,21,22). The van der Waals surface area contributed by atoms with Crippen molar-refractivity contribution in [3.8, 4) is 17.1 Å². The topological polar surface area (TPSA) is 76.5 Å². The third kappa shape index (κ3) is 2.76. The molecule has 0 atom stereocenters. The molecule has 3 rings (SSSR count). The number of Topliss-reactive ketones (excluding diaryl/α,β-unsaturated/α-hetero) is 1. The summed E-state index contributed by atoms with van der Waals surface area (Å²) in [6, 6.07) is 16.9. The first kappa shape index (κ1) is 14.7. The Labute approximate surface area is 132 Å². The lowest BCUT2D eigenvalue weighted by molar-refractivity contribution is -0.131. The molecule has 0 saturated heterocycles. The predicted octanol–water partition coefficient (Wildman–Crippen LogP) is 3.18. The van der Waals surface area contributed by atoms with E-state index in [1.165, 1.54) is 13.2 Å². The minimum absolute atomic E-state index is 0.00283. The number of aromatic nitrogens is 1. The Morgan fingerprint density at radius 3 is 2.43 bits per heavy atom. The fraction of sp³-hybridized carbons (Fsp3) is 0.0556. The van der Waals surface area contributed by atoms with Crippen molar-refractivity contribution in [3.63, 3.8) is 0 Å². The molecule has 2 aromatic carbocycles. The second-order valence-electron chi connectivity index (χ2n) is 4.95. The third-order valence-corrected chi connectivity index (χ3v) is 3.54. The molecule has 5 heteroatoms. The summed E-state index contributed by atoms with van der Waals surface area (Å²) in [6.45, 7) is 0. The van der Waals surface area contributed by atoms with Crippen molar-refractivity contribution in [2.45, 2.75) is 0 Å². The Bertz CT molecular complexity index is 918. The highest BCUT2D eigenvalue weighted by atomic mass is 16.5. The lowest BCUT2D eigenvalue weighted by Crippen LogP contribution is -2.14. The van der Waals surface area contributed by atoms with Crippen LogP contribution in [-0.4, -0.2) is 29.0 Å². The number of methoxy groups -OCH3 is 1. The van der Waals surface area contributed by atoms with Gasteiger partial charge in [0.15, 0.2) is 0 Å². The van der Waals surface area contributed by atoms with Gasteiger partial charge in [-0.3, -0.25) is 4.79 Å². The SMILES string of the molecule is COc1nc(-c2ccc3ccccc3c2)ccc1C(=O)C(=O)O. The monoisotopic (exact) mass is 307 g/mol. The number of carbonyl (C=O) groups is 2. The molecule has 0 saturated carbocycles. The van der Waals surface area contributed by atoms with E-state index in [0.29, 0.717) is 5.69 Å². The summed E-state index contributed by atoms with van der Waals surface area (Å²) in [5.74, 6) is -2.58. The molecule has 114 valence electrons. The van der Waals surface area contributed by atoms with Crippen LogP contribution in [0.2, 0.25) is 0 Å². The minimum Gasteiger partial charge on any atom is -0.480 e. The number of aliphatic carboxylic acids is 1. The van der Waals surface area contributed by atoms with Crippen LogP contribution in [-0.2, 0) is 4.79 Å². The molecular weight excluding hydrogens is 294 g/mol. The van der Waals surface area contributed by atoms with Crippen molar-refractivity contribution in [1.82, 2.24) is 4.98 Å². The average Bonchev–Trinajstić information content (AvgIpc) is 2.60. The van der Waals surface area contributed by atoms with Gasteiger partial charge in [0.1, 0.15) is 0 Å². The summed E-state index contributed by atoms with van der Waals surface area (Å²) in [7, 11) is 1.35. The number of carboxylic acids is 1. The van der Waals surface area contributed by atoms with Gasteiger partial charge in [-0.15, -0.1) is 0 Å². The average molecular weight is 307 g/mol. The van der Waals surface area contributed by atoms with E-state index in [4.69, 9.17) is 9.84 Å².